The molecule has 1 amide bonds. The average molecular weight is 287 g/mol. The maximum Gasteiger partial charge on any atom is 0.254 e. The number of carbonyl (C=O) groups excluding carboxylic acids is 1. The number of carbonyl (C=O) groups is 1. The molecule has 3 N–H and O–H groups in total. The second-order valence-electron chi connectivity index (χ2n) is 4.31. The Morgan fingerprint density at radius 2 is 2.29 bits per heavy atom. The molecule has 1 aromatic heterocycles. The molecule has 1 heterocycles. The van der Waals surface area contributed by atoms with Gasteiger partial charge in [0.1, 0.15) is 17.3 Å². The molecular formula is C15H14FN3O2. The summed E-state index contributed by atoms with van der Waals surface area (Å²) in [4.78, 5) is 11.9. The quantitative estimate of drug-likeness (QED) is 0.835. The van der Waals surface area contributed by atoms with Crippen molar-refractivity contribution in [2.45, 2.75) is 13.5 Å². The molecule has 0 spiro atoms. The zero-order valence-electron chi connectivity index (χ0n) is 11.4. The number of amides is 1. The van der Waals surface area contributed by atoms with E-state index in [4.69, 9.17) is 10.3 Å². The van der Waals surface area contributed by atoms with Crippen molar-refractivity contribution >= 4 is 5.91 Å². The van der Waals surface area contributed by atoms with Crippen LogP contribution in [0.4, 0.5) is 4.39 Å². The SMILES string of the molecule is Cc1cc(CNC(=O)c2ccc(C#CCN)cc2F)no1. The number of hydrogen-bond acceptors (Lipinski definition) is 4. The first-order chi connectivity index (χ1) is 10.1. The van der Waals surface area contributed by atoms with E-state index in [0.29, 0.717) is 17.0 Å². The van der Waals surface area contributed by atoms with Gasteiger partial charge in [0.15, 0.2) is 0 Å². The molecule has 0 fully saturated rings. The van der Waals surface area contributed by atoms with Crippen molar-refractivity contribution in [3.63, 3.8) is 0 Å². The molecule has 0 aliphatic rings. The summed E-state index contributed by atoms with van der Waals surface area (Å²) >= 11 is 0. The normalized spacial score (nSPS) is 9.86. The first-order valence-electron chi connectivity index (χ1n) is 6.29. The van der Waals surface area contributed by atoms with E-state index in [9.17, 15) is 9.18 Å². The van der Waals surface area contributed by atoms with Crippen LogP contribution in [-0.2, 0) is 6.54 Å². The molecule has 108 valence electrons. The molecule has 0 aliphatic heterocycles. The molecule has 1 aromatic carbocycles. The van der Waals surface area contributed by atoms with Crippen LogP contribution < -0.4 is 11.1 Å². The van der Waals surface area contributed by atoms with E-state index in [0.717, 1.165) is 0 Å². The smallest absolute Gasteiger partial charge is 0.254 e. The van der Waals surface area contributed by atoms with E-state index in [1.807, 2.05) is 0 Å². The van der Waals surface area contributed by atoms with Crippen molar-refractivity contribution < 1.29 is 13.7 Å². The predicted molar refractivity (Wildman–Crippen MR) is 74.7 cm³/mol. The van der Waals surface area contributed by atoms with Gasteiger partial charge in [0.05, 0.1) is 18.7 Å². The van der Waals surface area contributed by atoms with E-state index in [1.54, 1.807) is 19.1 Å². The van der Waals surface area contributed by atoms with Crippen molar-refractivity contribution in [1.29, 1.82) is 0 Å². The molecule has 21 heavy (non-hydrogen) atoms. The van der Waals surface area contributed by atoms with Crippen LogP contribution in [-0.4, -0.2) is 17.6 Å². The average Bonchev–Trinajstić information content (AvgIpc) is 2.88. The van der Waals surface area contributed by atoms with Gasteiger partial charge < -0.3 is 15.6 Å². The van der Waals surface area contributed by atoms with Crippen LogP contribution in [0.5, 0.6) is 0 Å². The van der Waals surface area contributed by atoms with Crippen LogP contribution in [0.25, 0.3) is 0 Å². The van der Waals surface area contributed by atoms with Gasteiger partial charge in [-0.05, 0) is 25.1 Å². The highest BCUT2D eigenvalue weighted by atomic mass is 19.1. The van der Waals surface area contributed by atoms with Crippen LogP contribution >= 0.6 is 0 Å². The third kappa shape index (κ3) is 3.91. The van der Waals surface area contributed by atoms with E-state index in [2.05, 4.69) is 22.3 Å². The van der Waals surface area contributed by atoms with Gasteiger partial charge in [0.2, 0.25) is 0 Å². The lowest BCUT2D eigenvalue weighted by Crippen LogP contribution is -2.24. The molecule has 5 nitrogen and oxygen atoms in total. The highest BCUT2D eigenvalue weighted by Crippen LogP contribution is 2.10. The zero-order chi connectivity index (χ0) is 15.2. The fraction of sp³-hybridized carbons (Fsp3) is 0.200. The van der Waals surface area contributed by atoms with Crippen LogP contribution in [0.1, 0.15) is 27.4 Å². The highest BCUT2D eigenvalue weighted by molar-refractivity contribution is 5.94. The van der Waals surface area contributed by atoms with Gasteiger partial charge in [-0.25, -0.2) is 4.39 Å². The summed E-state index contributed by atoms with van der Waals surface area (Å²) < 4.78 is 18.7. The summed E-state index contributed by atoms with van der Waals surface area (Å²) in [5, 5.41) is 6.31. The molecule has 2 rings (SSSR count). The number of nitrogens with two attached hydrogens (primary N) is 1. The summed E-state index contributed by atoms with van der Waals surface area (Å²) in [7, 11) is 0. The Hall–Kier alpha value is -2.65. The molecule has 0 saturated carbocycles. The lowest BCUT2D eigenvalue weighted by atomic mass is 10.1. The lowest BCUT2D eigenvalue weighted by molar-refractivity contribution is 0.0946. The molecule has 0 saturated heterocycles. The number of rotatable bonds is 3. The minimum atomic E-state index is -0.632. The van der Waals surface area contributed by atoms with Gasteiger partial charge in [-0.3, -0.25) is 4.79 Å². The summed E-state index contributed by atoms with van der Waals surface area (Å²) in [5.41, 5.74) is 6.25. The van der Waals surface area contributed by atoms with E-state index in [-0.39, 0.29) is 18.7 Å². The monoisotopic (exact) mass is 287 g/mol. The number of benzene rings is 1. The summed E-state index contributed by atoms with van der Waals surface area (Å²) in [5.74, 6) is 4.82. The van der Waals surface area contributed by atoms with E-state index >= 15 is 0 Å². The zero-order valence-corrected chi connectivity index (χ0v) is 11.4. The van der Waals surface area contributed by atoms with Crippen LogP contribution in [0, 0.1) is 24.6 Å². The van der Waals surface area contributed by atoms with Gasteiger partial charge in [0.25, 0.3) is 5.91 Å². The topological polar surface area (TPSA) is 81.2 Å². The first kappa shape index (κ1) is 14.8. The van der Waals surface area contributed by atoms with Crippen molar-refractivity contribution in [1.82, 2.24) is 10.5 Å². The van der Waals surface area contributed by atoms with E-state index < -0.39 is 11.7 Å². The van der Waals surface area contributed by atoms with Gasteiger partial charge in [-0.15, -0.1) is 0 Å². The number of hydrogen-bond donors (Lipinski definition) is 2. The van der Waals surface area contributed by atoms with Crippen molar-refractivity contribution in [3.8, 4) is 11.8 Å². The summed E-state index contributed by atoms with van der Waals surface area (Å²) in [6, 6.07) is 5.86. The van der Waals surface area contributed by atoms with Gasteiger partial charge >= 0.3 is 0 Å². The summed E-state index contributed by atoms with van der Waals surface area (Å²) in [6.07, 6.45) is 0. The third-order valence-electron chi connectivity index (χ3n) is 2.66. The van der Waals surface area contributed by atoms with Crippen molar-refractivity contribution in [2.24, 2.45) is 5.73 Å². The van der Waals surface area contributed by atoms with Crippen LogP contribution in [0.2, 0.25) is 0 Å². The number of nitrogens with zero attached hydrogens (tertiary/aromatic N) is 1. The Bertz CT molecular complexity index is 713. The number of halogens is 1. The minimum absolute atomic E-state index is 0.0477. The second kappa shape index (κ2) is 6.68. The second-order valence-corrected chi connectivity index (χ2v) is 4.31. The van der Waals surface area contributed by atoms with Gasteiger partial charge in [-0.1, -0.05) is 17.0 Å². The molecule has 0 radical (unpaired) electrons. The van der Waals surface area contributed by atoms with Gasteiger partial charge in [-0.2, -0.15) is 0 Å². The van der Waals surface area contributed by atoms with Crippen molar-refractivity contribution in [3.05, 3.63) is 52.7 Å². The lowest BCUT2D eigenvalue weighted by Gasteiger charge is -2.04. The Labute approximate surface area is 121 Å². The molecule has 2 aromatic rings. The Kier molecular flexibility index (Phi) is 4.69. The molecule has 0 aliphatic carbocycles. The Morgan fingerprint density at radius 1 is 1.48 bits per heavy atom. The van der Waals surface area contributed by atoms with Crippen molar-refractivity contribution in [2.75, 3.05) is 6.54 Å². The first-order valence-corrected chi connectivity index (χ1v) is 6.29. The molecule has 0 bridgehead atoms. The Balaban J connectivity index is 2.05. The predicted octanol–water partition coefficient (Wildman–Crippen LogP) is 1.36. The fourth-order valence-electron chi connectivity index (χ4n) is 1.70. The highest BCUT2D eigenvalue weighted by Gasteiger charge is 2.12. The van der Waals surface area contributed by atoms with Crippen LogP contribution in [0.3, 0.4) is 0 Å². The molecule has 6 heteroatoms. The van der Waals surface area contributed by atoms with Crippen LogP contribution in [0.15, 0.2) is 28.8 Å². The molecule has 0 unspecified atom stereocenters. The fourth-order valence-corrected chi connectivity index (χ4v) is 1.70. The number of aryl methyl sites for hydroxylation is 1. The maximum atomic E-state index is 13.9. The third-order valence-corrected chi connectivity index (χ3v) is 2.66. The number of aromatic nitrogens is 1. The van der Waals surface area contributed by atoms with Gasteiger partial charge in [0, 0.05) is 11.6 Å². The number of nitrogens with one attached hydrogen (secondary N) is 1. The molecular weight excluding hydrogens is 273 g/mol. The maximum absolute atomic E-state index is 13.9. The minimum Gasteiger partial charge on any atom is -0.361 e. The standard InChI is InChI=1S/C15H14FN3O2/c1-10-7-12(19-21-10)9-18-15(20)13-5-4-11(3-2-6-17)8-14(13)16/h4-5,7-8H,6,9,17H2,1H3,(H,18,20). The van der Waals surface area contributed by atoms with E-state index in [1.165, 1.54) is 12.1 Å². The summed E-state index contributed by atoms with van der Waals surface area (Å²) in [6.45, 7) is 2.12. The Morgan fingerprint density at radius 3 is 2.90 bits per heavy atom. The largest absolute Gasteiger partial charge is 0.361 e. The molecule has 0 atom stereocenters.